The molecule has 2 aromatic rings. The van der Waals surface area contributed by atoms with Crippen LogP contribution < -0.4 is 5.32 Å². The number of aromatic amines is 1. The number of urea groups is 1. The molecule has 1 fully saturated rings. The summed E-state index contributed by atoms with van der Waals surface area (Å²) < 4.78 is 0. The lowest BCUT2D eigenvalue weighted by Crippen LogP contribution is -2.51. The molecule has 0 unspecified atom stereocenters. The summed E-state index contributed by atoms with van der Waals surface area (Å²) in [5, 5.41) is 4.33. The Morgan fingerprint density at radius 1 is 1.22 bits per heavy atom. The van der Waals surface area contributed by atoms with Crippen LogP contribution in [0.5, 0.6) is 0 Å². The Bertz CT molecular complexity index is 671. The molecular weight excluding hydrogens is 288 g/mol. The van der Waals surface area contributed by atoms with Crippen molar-refractivity contribution < 1.29 is 4.79 Å². The first-order valence-corrected chi connectivity index (χ1v) is 8.50. The Balaban J connectivity index is 1.53. The molecule has 124 valence electrons. The number of nitrogens with zero attached hydrogens (tertiary/aromatic N) is 2. The number of nitrogens with one attached hydrogen (secondary N) is 2. The van der Waals surface area contributed by atoms with Gasteiger partial charge in [-0.1, -0.05) is 25.1 Å². The highest BCUT2D eigenvalue weighted by molar-refractivity contribution is 5.84. The highest BCUT2D eigenvalue weighted by Gasteiger charge is 2.19. The van der Waals surface area contributed by atoms with Gasteiger partial charge in [-0.15, -0.1) is 0 Å². The minimum atomic E-state index is 0.0678. The number of carbonyl (C=O) groups excluding carboxylic acids is 1. The van der Waals surface area contributed by atoms with Gasteiger partial charge in [0.1, 0.15) is 0 Å². The number of hydrogen-bond acceptors (Lipinski definition) is 2. The molecule has 1 aromatic carbocycles. The van der Waals surface area contributed by atoms with Crippen molar-refractivity contribution in [3.05, 3.63) is 35.5 Å². The fourth-order valence-corrected chi connectivity index (χ4v) is 3.33. The Hall–Kier alpha value is -2.01. The number of aromatic nitrogens is 1. The first-order chi connectivity index (χ1) is 11.2. The van der Waals surface area contributed by atoms with E-state index in [0.29, 0.717) is 6.54 Å². The second kappa shape index (κ2) is 7.04. The molecule has 2 N–H and O–H groups in total. The van der Waals surface area contributed by atoms with Crippen molar-refractivity contribution in [2.45, 2.75) is 20.3 Å². The summed E-state index contributed by atoms with van der Waals surface area (Å²) in [6.07, 6.45) is 0.858. The predicted octanol–water partition coefficient (Wildman–Crippen LogP) is 2.37. The van der Waals surface area contributed by atoms with E-state index in [1.807, 2.05) is 11.0 Å². The van der Waals surface area contributed by atoms with Crippen LogP contribution in [-0.4, -0.2) is 60.1 Å². The van der Waals surface area contributed by atoms with Crippen LogP contribution in [0.15, 0.2) is 24.3 Å². The summed E-state index contributed by atoms with van der Waals surface area (Å²) in [7, 11) is 0. The minimum absolute atomic E-state index is 0.0678. The maximum absolute atomic E-state index is 12.3. The molecule has 2 heterocycles. The molecule has 0 spiro atoms. The van der Waals surface area contributed by atoms with Crippen molar-refractivity contribution in [1.82, 2.24) is 20.1 Å². The fraction of sp³-hybridized carbons (Fsp3) is 0.500. The number of fused-ring (bicyclic) bond motifs is 1. The minimum Gasteiger partial charge on any atom is -0.358 e. The lowest BCUT2D eigenvalue weighted by Gasteiger charge is -2.34. The second-order valence-electron chi connectivity index (χ2n) is 6.18. The zero-order chi connectivity index (χ0) is 16.2. The van der Waals surface area contributed by atoms with E-state index in [-0.39, 0.29) is 6.03 Å². The number of amides is 2. The number of aryl methyl sites for hydroxylation is 1. The van der Waals surface area contributed by atoms with Crippen LogP contribution in [-0.2, 0) is 6.42 Å². The number of rotatable bonds is 4. The molecule has 2 amide bonds. The summed E-state index contributed by atoms with van der Waals surface area (Å²) in [4.78, 5) is 20.0. The van der Waals surface area contributed by atoms with E-state index in [0.717, 1.165) is 39.1 Å². The Morgan fingerprint density at radius 3 is 2.70 bits per heavy atom. The Kier molecular flexibility index (Phi) is 4.86. The van der Waals surface area contributed by atoms with Crippen LogP contribution in [0.4, 0.5) is 4.79 Å². The number of piperazine rings is 1. The maximum atomic E-state index is 12.3. The standard InChI is InChI=1S/C18H26N4O/c1-3-21-10-12-22(13-11-21)18(23)19-9-8-15-14(2)20-17-7-5-4-6-16(15)17/h4-7,20H,3,8-13H2,1-2H3,(H,19,23). The van der Waals surface area contributed by atoms with Gasteiger partial charge in [0, 0.05) is 49.3 Å². The second-order valence-corrected chi connectivity index (χ2v) is 6.18. The highest BCUT2D eigenvalue weighted by Crippen LogP contribution is 2.21. The number of para-hydroxylation sites is 1. The van der Waals surface area contributed by atoms with Gasteiger partial charge in [0.15, 0.2) is 0 Å². The smallest absolute Gasteiger partial charge is 0.317 e. The normalized spacial score (nSPS) is 16.0. The van der Waals surface area contributed by atoms with Crippen molar-refractivity contribution in [1.29, 1.82) is 0 Å². The third-order valence-electron chi connectivity index (χ3n) is 4.78. The number of benzene rings is 1. The summed E-state index contributed by atoms with van der Waals surface area (Å²) in [6.45, 7) is 9.61. The summed E-state index contributed by atoms with van der Waals surface area (Å²) in [5.41, 5.74) is 3.66. The van der Waals surface area contributed by atoms with Gasteiger partial charge in [-0.25, -0.2) is 4.79 Å². The molecule has 5 heteroatoms. The van der Waals surface area contributed by atoms with Crippen molar-refractivity contribution in [2.24, 2.45) is 0 Å². The van der Waals surface area contributed by atoms with Gasteiger partial charge in [-0.3, -0.25) is 0 Å². The monoisotopic (exact) mass is 314 g/mol. The topological polar surface area (TPSA) is 51.4 Å². The van der Waals surface area contributed by atoms with E-state index >= 15 is 0 Å². The van der Waals surface area contributed by atoms with Crippen LogP contribution in [0.3, 0.4) is 0 Å². The van der Waals surface area contributed by atoms with Gasteiger partial charge >= 0.3 is 6.03 Å². The molecule has 23 heavy (non-hydrogen) atoms. The van der Waals surface area contributed by atoms with Gasteiger partial charge in [0.2, 0.25) is 0 Å². The number of hydrogen-bond donors (Lipinski definition) is 2. The molecule has 0 bridgehead atoms. The Morgan fingerprint density at radius 2 is 1.96 bits per heavy atom. The van der Waals surface area contributed by atoms with Crippen LogP contribution in [0, 0.1) is 6.92 Å². The third-order valence-corrected chi connectivity index (χ3v) is 4.78. The lowest BCUT2D eigenvalue weighted by atomic mass is 10.1. The molecular formula is C18H26N4O. The molecule has 0 atom stereocenters. The molecule has 1 aromatic heterocycles. The van der Waals surface area contributed by atoms with E-state index in [1.165, 1.54) is 22.2 Å². The molecule has 0 saturated carbocycles. The third kappa shape index (κ3) is 3.50. The number of likely N-dealkylation sites (N-methyl/N-ethyl adjacent to an activating group) is 1. The fourth-order valence-electron chi connectivity index (χ4n) is 3.33. The average molecular weight is 314 g/mol. The zero-order valence-electron chi connectivity index (χ0n) is 14.1. The summed E-state index contributed by atoms with van der Waals surface area (Å²) in [6, 6.07) is 8.40. The molecule has 1 aliphatic rings. The molecule has 1 saturated heterocycles. The van der Waals surface area contributed by atoms with E-state index in [2.05, 4.69) is 47.2 Å². The van der Waals surface area contributed by atoms with Crippen LogP contribution in [0.25, 0.3) is 10.9 Å². The van der Waals surface area contributed by atoms with E-state index in [1.54, 1.807) is 0 Å². The largest absolute Gasteiger partial charge is 0.358 e. The van der Waals surface area contributed by atoms with Crippen molar-refractivity contribution in [3.8, 4) is 0 Å². The molecule has 1 aliphatic heterocycles. The van der Waals surface area contributed by atoms with E-state index < -0.39 is 0 Å². The van der Waals surface area contributed by atoms with E-state index in [9.17, 15) is 4.79 Å². The van der Waals surface area contributed by atoms with Crippen molar-refractivity contribution in [3.63, 3.8) is 0 Å². The highest BCUT2D eigenvalue weighted by atomic mass is 16.2. The van der Waals surface area contributed by atoms with Crippen LogP contribution >= 0.6 is 0 Å². The zero-order valence-corrected chi connectivity index (χ0v) is 14.1. The Labute approximate surface area is 137 Å². The average Bonchev–Trinajstić information content (AvgIpc) is 2.90. The lowest BCUT2D eigenvalue weighted by molar-refractivity contribution is 0.143. The van der Waals surface area contributed by atoms with E-state index in [4.69, 9.17) is 0 Å². The summed E-state index contributed by atoms with van der Waals surface area (Å²) in [5.74, 6) is 0. The number of carbonyl (C=O) groups is 1. The van der Waals surface area contributed by atoms with Gasteiger partial charge in [0.25, 0.3) is 0 Å². The number of H-pyrrole nitrogens is 1. The van der Waals surface area contributed by atoms with Gasteiger partial charge < -0.3 is 20.1 Å². The van der Waals surface area contributed by atoms with Crippen molar-refractivity contribution in [2.75, 3.05) is 39.3 Å². The molecule has 0 aliphatic carbocycles. The molecule has 5 nitrogen and oxygen atoms in total. The SMILES string of the molecule is CCN1CCN(C(=O)NCCc2c(C)[nH]c3ccccc23)CC1. The molecule has 0 radical (unpaired) electrons. The van der Waals surface area contributed by atoms with Crippen LogP contribution in [0.1, 0.15) is 18.2 Å². The first kappa shape index (κ1) is 15.9. The maximum Gasteiger partial charge on any atom is 0.317 e. The summed E-state index contributed by atoms with van der Waals surface area (Å²) >= 11 is 0. The molecule has 3 rings (SSSR count). The van der Waals surface area contributed by atoms with Gasteiger partial charge in [0.05, 0.1) is 0 Å². The predicted molar refractivity (Wildman–Crippen MR) is 93.8 cm³/mol. The van der Waals surface area contributed by atoms with Gasteiger partial charge in [-0.2, -0.15) is 0 Å². The quantitative estimate of drug-likeness (QED) is 0.910. The van der Waals surface area contributed by atoms with Gasteiger partial charge in [-0.05, 0) is 31.5 Å². The van der Waals surface area contributed by atoms with Crippen LogP contribution in [0.2, 0.25) is 0 Å². The van der Waals surface area contributed by atoms with Crippen molar-refractivity contribution >= 4 is 16.9 Å². The first-order valence-electron chi connectivity index (χ1n) is 8.50.